The molecule has 2 atom stereocenters. The average Bonchev–Trinajstić information content (AvgIpc) is 2.26. The first-order valence-electron chi connectivity index (χ1n) is 5.25. The van der Waals surface area contributed by atoms with Crippen molar-refractivity contribution in [1.29, 1.82) is 0 Å². The van der Waals surface area contributed by atoms with Crippen LogP contribution in [0.2, 0.25) is 0 Å². The number of hydrogen-bond acceptors (Lipinski definition) is 3. The van der Waals surface area contributed by atoms with Crippen LogP contribution < -0.4 is 10.6 Å². The summed E-state index contributed by atoms with van der Waals surface area (Å²) in [5.41, 5.74) is 0. The largest absolute Gasteiger partial charge is 0.380 e. The van der Waals surface area contributed by atoms with Crippen LogP contribution in [0.4, 0.5) is 0 Å². The number of ether oxygens (including phenoxy) is 1. The predicted molar refractivity (Wildman–Crippen MR) is 55.1 cm³/mol. The molecule has 0 spiro atoms. The van der Waals surface area contributed by atoms with Gasteiger partial charge in [-0.2, -0.15) is 0 Å². The van der Waals surface area contributed by atoms with E-state index in [1.165, 1.54) is 0 Å². The fourth-order valence-electron chi connectivity index (χ4n) is 1.55. The molecule has 1 aliphatic rings. The number of nitrogens with one attached hydrogen (secondary N) is 2. The number of rotatable bonds is 4. The summed E-state index contributed by atoms with van der Waals surface area (Å²) in [5, 5.41) is 6.12. The second kappa shape index (κ2) is 5.98. The van der Waals surface area contributed by atoms with E-state index in [0.717, 1.165) is 25.9 Å². The fourth-order valence-corrected chi connectivity index (χ4v) is 1.55. The van der Waals surface area contributed by atoms with Crippen LogP contribution in [0.3, 0.4) is 0 Å². The molecular weight excluding hydrogens is 180 g/mol. The maximum Gasteiger partial charge on any atom is 0.224 e. The van der Waals surface area contributed by atoms with E-state index in [0.29, 0.717) is 6.54 Å². The molecule has 0 aromatic carbocycles. The first-order chi connectivity index (χ1) is 6.74. The molecule has 82 valence electrons. The monoisotopic (exact) mass is 200 g/mol. The van der Waals surface area contributed by atoms with Gasteiger partial charge in [0.25, 0.3) is 0 Å². The Hall–Kier alpha value is -0.610. The molecule has 1 heterocycles. The Kier molecular flexibility index (Phi) is 4.90. The van der Waals surface area contributed by atoms with Gasteiger partial charge in [-0.1, -0.05) is 0 Å². The van der Waals surface area contributed by atoms with Crippen LogP contribution in [0, 0.1) is 5.92 Å². The molecule has 1 amide bonds. The van der Waals surface area contributed by atoms with Gasteiger partial charge in [-0.3, -0.25) is 4.79 Å². The first-order valence-corrected chi connectivity index (χ1v) is 5.25. The van der Waals surface area contributed by atoms with Crippen molar-refractivity contribution in [2.24, 2.45) is 5.92 Å². The second-order valence-corrected chi connectivity index (χ2v) is 3.83. The zero-order chi connectivity index (χ0) is 10.4. The van der Waals surface area contributed by atoms with E-state index < -0.39 is 0 Å². The van der Waals surface area contributed by atoms with Gasteiger partial charge in [0.2, 0.25) is 5.91 Å². The third kappa shape index (κ3) is 3.64. The lowest BCUT2D eigenvalue weighted by Gasteiger charge is -2.22. The zero-order valence-electron chi connectivity index (χ0n) is 9.01. The molecule has 4 nitrogen and oxygen atoms in total. The van der Waals surface area contributed by atoms with Crippen LogP contribution in [0.5, 0.6) is 0 Å². The molecule has 14 heavy (non-hydrogen) atoms. The Morgan fingerprint density at radius 3 is 3.07 bits per heavy atom. The van der Waals surface area contributed by atoms with E-state index >= 15 is 0 Å². The average molecular weight is 200 g/mol. The van der Waals surface area contributed by atoms with Crippen molar-refractivity contribution in [3.8, 4) is 0 Å². The first kappa shape index (κ1) is 11.5. The summed E-state index contributed by atoms with van der Waals surface area (Å²) in [5.74, 6) is 0.300. The Morgan fingerprint density at radius 2 is 2.50 bits per heavy atom. The van der Waals surface area contributed by atoms with E-state index in [1.807, 2.05) is 6.92 Å². The van der Waals surface area contributed by atoms with Crippen LogP contribution >= 0.6 is 0 Å². The van der Waals surface area contributed by atoms with E-state index in [2.05, 4.69) is 10.6 Å². The maximum atomic E-state index is 11.6. The minimum absolute atomic E-state index is 0.0931. The molecule has 4 heteroatoms. The van der Waals surface area contributed by atoms with Crippen LogP contribution in [-0.2, 0) is 9.53 Å². The summed E-state index contributed by atoms with van der Waals surface area (Å²) in [6, 6.07) is 0. The van der Waals surface area contributed by atoms with Gasteiger partial charge in [0.05, 0.1) is 12.0 Å². The summed E-state index contributed by atoms with van der Waals surface area (Å²) in [4.78, 5) is 11.6. The quantitative estimate of drug-likeness (QED) is 0.678. The minimum Gasteiger partial charge on any atom is -0.380 e. The number of amides is 1. The van der Waals surface area contributed by atoms with Crippen molar-refractivity contribution >= 4 is 5.91 Å². The van der Waals surface area contributed by atoms with Gasteiger partial charge >= 0.3 is 0 Å². The van der Waals surface area contributed by atoms with Gasteiger partial charge in [0, 0.05) is 20.2 Å². The second-order valence-electron chi connectivity index (χ2n) is 3.83. The maximum absolute atomic E-state index is 11.6. The standard InChI is InChI=1S/C10H20N2O2/c1-8(14-2)6-12-10(13)9-4-3-5-11-7-9/h8-9,11H,3-7H2,1-2H3,(H,12,13). The Labute approximate surface area is 85.4 Å². The number of piperidine rings is 1. The van der Waals surface area contributed by atoms with E-state index in [-0.39, 0.29) is 17.9 Å². The molecule has 1 aliphatic heterocycles. The third-order valence-electron chi connectivity index (χ3n) is 2.63. The van der Waals surface area contributed by atoms with Crippen LogP contribution in [0.1, 0.15) is 19.8 Å². The molecule has 1 fully saturated rings. The number of hydrogen-bond donors (Lipinski definition) is 2. The normalized spacial score (nSPS) is 24.3. The predicted octanol–water partition coefficient (Wildman–Crippen LogP) is 0.137. The highest BCUT2D eigenvalue weighted by molar-refractivity contribution is 5.78. The Balaban J connectivity index is 2.19. The molecule has 1 saturated heterocycles. The van der Waals surface area contributed by atoms with E-state index in [4.69, 9.17) is 4.74 Å². The highest BCUT2D eigenvalue weighted by atomic mass is 16.5. The van der Waals surface area contributed by atoms with Gasteiger partial charge in [0.1, 0.15) is 0 Å². The molecule has 0 bridgehead atoms. The summed E-state index contributed by atoms with van der Waals surface area (Å²) in [7, 11) is 1.65. The van der Waals surface area contributed by atoms with Crippen molar-refractivity contribution < 1.29 is 9.53 Å². The molecule has 1 rings (SSSR count). The summed E-state index contributed by atoms with van der Waals surface area (Å²) in [6.07, 6.45) is 2.19. The van der Waals surface area contributed by atoms with Crippen molar-refractivity contribution in [3.63, 3.8) is 0 Å². The third-order valence-corrected chi connectivity index (χ3v) is 2.63. The Bertz CT molecular complexity index is 179. The minimum atomic E-state index is 0.0931. The lowest BCUT2D eigenvalue weighted by atomic mass is 9.99. The SMILES string of the molecule is COC(C)CNC(=O)C1CCCNC1. The molecule has 0 radical (unpaired) electrons. The molecule has 2 N–H and O–H groups in total. The van der Waals surface area contributed by atoms with Gasteiger partial charge in [-0.15, -0.1) is 0 Å². The van der Waals surface area contributed by atoms with E-state index in [1.54, 1.807) is 7.11 Å². The van der Waals surface area contributed by atoms with Crippen LogP contribution in [0.25, 0.3) is 0 Å². The van der Waals surface area contributed by atoms with Gasteiger partial charge in [0.15, 0.2) is 0 Å². The summed E-state index contributed by atoms with van der Waals surface area (Å²) < 4.78 is 5.06. The lowest BCUT2D eigenvalue weighted by molar-refractivity contribution is -0.126. The van der Waals surface area contributed by atoms with Gasteiger partial charge in [-0.25, -0.2) is 0 Å². The fraction of sp³-hybridized carbons (Fsp3) is 0.900. The summed E-state index contributed by atoms with van der Waals surface area (Å²) >= 11 is 0. The molecule has 0 aromatic rings. The van der Waals surface area contributed by atoms with Crippen molar-refractivity contribution in [1.82, 2.24) is 10.6 Å². The number of carbonyl (C=O) groups is 1. The van der Waals surface area contributed by atoms with Crippen molar-refractivity contribution in [2.45, 2.75) is 25.9 Å². The van der Waals surface area contributed by atoms with Crippen LogP contribution in [0.15, 0.2) is 0 Å². The molecular formula is C10H20N2O2. The number of methoxy groups -OCH3 is 1. The topological polar surface area (TPSA) is 50.4 Å². The zero-order valence-corrected chi connectivity index (χ0v) is 9.01. The molecule has 0 aromatic heterocycles. The van der Waals surface area contributed by atoms with Gasteiger partial charge in [-0.05, 0) is 26.3 Å². The Morgan fingerprint density at radius 1 is 1.71 bits per heavy atom. The smallest absolute Gasteiger partial charge is 0.224 e. The molecule has 0 aliphatic carbocycles. The number of carbonyl (C=O) groups excluding carboxylic acids is 1. The lowest BCUT2D eigenvalue weighted by Crippen LogP contribution is -2.42. The van der Waals surface area contributed by atoms with Crippen molar-refractivity contribution in [2.75, 3.05) is 26.7 Å². The van der Waals surface area contributed by atoms with E-state index in [9.17, 15) is 4.79 Å². The van der Waals surface area contributed by atoms with Crippen molar-refractivity contribution in [3.05, 3.63) is 0 Å². The summed E-state index contributed by atoms with van der Waals surface area (Å²) in [6.45, 7) is 4.40. The highest BCUT2D eigenvalue weighted by Gasteiger charge is 2.20. The molecule has 0 saturated carbocycles. The van der Waals surface area contributed by atoms with Gasteiger partial charge < -0.3 is 15.4 Å². The molecule has 2 unspecified atom stereocenters. The highest BCUT2D eigenvalue weighted by Crippen LogP contribution is 2.09. The van der Waals surface area contributed by atoms with Crippen LogP contribution in [-0.4, -0.2) is 38.8 Å².